The van der Waals surface area contributed by atoms with Crippen molar-refractivity contribution >= 4 is 17.2 Å². The van der Waals surface area contributed by atoms with Gasteiger partial charge < -0.3 is 5.32 Å². The van der Waals surface area contributed by atoms with Crippen LogP contribution >= 0.6 is 0 Å². The van der Waals surface area contributed by atoms with Crippen LogP contribution in [0, 0.1) is 32.1 Å². The van der Waals surface area contributed by atoms with E-state index in [9.17, 15) is 25.0 Å². The Hall–Kier alpha value is -2.35. The molecule has 0 radical (unpaired) electrons. The molecule has 0 amide bonds. The van der Waals surface area contributed by atoms with Crippen molar-refractivity contribution in [3.63, 3.8) is 0 Å². The van der Waals surface area contributed by atoms with E-state index in [4.69, 9.17) is 0 Å². The smallest absolute Gasteiger partial charge is 0.307 e. The minimum Gasteiger partial charge on any atom is -0.307 e. The van der Waals surface area contributed by atoms with E-state index in [0.29, 0.717) is 5.92 Å². The van der Waals surface area contributed by atoms with Crippen LogP contribution in [0.5, 0.6) is 0 Å². The van der Waals surface area contributed by atoms with Gasteiger partial charge in [-0.25, -0.2) is 0 Å². The number of Topliss-reactive ketones (excluding diaryl/α,β-unsaturated/α-hetero) is 1. The molecule has 1 heterocycles. The van der Waals surface area contributed by atoms with Gasteiger partial charge in [0.2, 0.25) is 0 Å². The predicted molar refractivity (Wildman–Crippen MR) is 76.7 cm³/mol. The fourth-order valence-electron chi connectivity index (χ4n) is 3.63. The van der Waals surface area contributed by atoms with E-state index in [1.807, 2.05) is 0 Å². The Kier molecular flexibility index (Phi) is 3.61. The Balaban J connectivity index is 1.91. The zero-order chi connectivity index (χ0) is 15.9. The number of rotatable bonds is 4. The Labute approximate surface area is 125 Å². The molecule has 0 spiro atoms. The molecule has 8 nitrogen and oxygen atoms in total. The molecular formula is C14H15N3O5. The van der Waals surface area contributed by atoms with Crippen molar-refractivity contribution < 1.29 is 14.6 Å². The van der Waals surface area contributed by atoms with Gasteiger partial charge in [0, 0.05) is 17.7 Å². The van der Waals surface area contributed by atoms with Crippen LogP contribution in [0.4, 0.5) is 11.4 Å². The zero-order valence-electron chi connectivity index (χ0n) is 11.7. The lowest BCUT2D eigenvalue weighted by Crippen LogP contribution is -2.35. The Morgan fingerprint density at radius 3 is 2.55 bits per heavy atom. The van der Waals surface area contributed by atoms with E-state index in [1.165, 1.54) is 6.07 Å². The summed E-state index contributed by atoms with van der Waals surface area (Å²) in [5.41, 5.74) is -1.08. The first-order valence-corrected chi connectivity index (χ1v) is 7.19. The molecule has 1 saturated heterocycles. The SMILES string of the molecule is O=C(c1ccc([N+](=O)[O-])c([N+](=O)[O-])c1)C1NCC2CCCC21. The molecule has 1 aliphatic carbocycles. The van der Waals surface area contributed by atoms with Gasteiger partial charge in [0.15, 0.2) is 5.78 Å². The van der Waals surface area contributed by atoms with Gasteiger partial charge in [-0.05, 0) is 37.3 Å². The summed E-state index contributed by atoms with van der Waals surface area (Å²) in [6, 6.07) is 3.02. The average molecular weight is 305 g/mol. The molecule has 0 aromatic heterocycles. The first-order valence-electron chi connectivity index (χ1n) is 7.19. The van der Waals surface area contributed by atoms with Crippen LogP contribution in [0.2, 0.25) is 0 Å². The number of carbonyl (C=O) groups excluding carboxylic acids is 1. The summed E-state index contributed by atoms with van der Waals surface area (Å²) in [4.78, 5) is 32.8. The van der Waals surface area contributed by atoms with E-state index in [-0.39, 0.29) is 23.3 Å². The molecule has 0 bridgehead atoms. The highest BCUT2D eigenvalue weighted by molar-refractivity contribution is 6.01. The molecule has 8 heteroatoms. The molecular weight excluding hydrogens is 290 g/mol. The van der Waals surface area contributed by atoms with Gasteiger partial charge >= 0.3 is 11.4 Å². The van der Waals surface area contributed by atoms with E-state index in [1.54, 1.807) is 0 Å². The maximum Gasteiger partial charge on any atom is 0.346 e. The summed E-state index contributed by atoms with van der Waals surface area (Å²) < 4.78 is 0. The molecule has 3 atom stereocenters. The van der Waals surface area contributed by atoms with E-state index in [0.717, 1.165) is 37.9 Å². The highest BCUT2D eigenvalue weighted by Crippen LogP contribution is 2.39. The van der Waals surface area contributed by atoms with Crippen molar-refractivity contribution in [1.29, 1.82) is 0 Å². The molecule has 116 valence electrons. The van der Waals surface area contributed by atoms with E-state index >= 15 is 0 Å². The monoisotopic (exact) mass is 305 g/mol. The van der Waals surface area contributed by atoms with Crippen LogP contribution in [0.3, 0.4) is 0 Å². The summed E-state index contributed by atoms with van der Waals surface area (Å²) in [6.45, 7) is 0.788. The van der Waals surface area contributed by atoms with Crippen molar-refractivity contribution in [2.24, 2.45) is 11.8 Å². The van der Waals surface area contributed by atoms with Crippen LogP contribution in [0.25, 0.3) is 0 Å². The lowest BCUT2D eigenvalue weighted by atomic mass is 9.89. The van der Waals surface area contributed by atoms with Gasteiger partial charge in [-0.1, -0.05) is 6.42 Å². The molecule has 3 unspecified atom stereocenters. The first-order chi connectivity index (χ1) is 10.5. The van der Waals surface area contributed by atoms with Gasteiger partial charge in [-0.2, -0.15) is 0 Å². The molecule has 2 aliphatic rings. The summed E-state index contributed by atoms with van der Waals surface area (Å²) in [5, 5.41) is 25.0. The molecule has 1 aromatic carbocycles. The second-order valence-corrected chi connectivity index (χ2v) is 5.82. The third kappa shape index (κ3) is 2.35. The first kappa shape index (κ1) is 14.6. The van der Waals surface area contributed by atoms with Gasteiger partial charge in [-0.3, -0.25) is 25.0 Å². The zero-order valence-corrected chi connectivity index (χ0v) is 11.7. The third-order valence-electron chi connectivity index (χ3n) is 4.68. The molecule has 1 aliphatic heterocycles. The minimum absolute atomic E-state index is 0.155. The number of nitrogens with one attached hydrogen (secondary N) is 1. The van der Waals surface area contributed by atoms with Crippen LogP contribution in [0.15, 0.2) is 18.2 Å². The highest BCUT2D eigenvalue weighted by Gasteiger charge is 2.43. The fraction of sp³-hybridized carbons (Fsp3) is 0.500. The second-order valence-electron chi connectivity index (χ2n) is 5.82. The number of nitrogens with zero attached hydrogens (tertiary/aromatic N) is 2. The predicted octanol–water partition coefficient (Wildman–Crippen LogP) is 2.07. The molecule has 1 aromatic rings. The minimum atomic E-state index is -0.824. The van der Waals surface area contributed by atoms with E-state index < -0.39 is 21.2 Å². The summed E-state index contributed by atoms with van der Waals surface area (Å²) in [7, 11) is 0. The van der Waals surface area contributed by atoms with Crippen molar-refractivity contribution in [2.75, 3.05) is 6.54 Å². The average Bonchev–Trinajstić information content (AvgIpc) is 3.08. The lowest BCUT2D eigenvalue weighted by molar-refractivity contribution is -0.422. The van der Waals surface area contributed by atoms with Crippen molar-refractivity contribution in [2.45, 2.75) is 25.3 Å². The Morgan fingerprint density at radius 2 is 1.86 bits per heavy atom. The van der Waals surface area contributed by atoms with Crippen molar-refractivity contribution in [3.05, 3.63) is 44.0 Å². The van der Waals surface area contributed by atoms with Crippen LogP contribution < -0.4 is 5.32 Å². The van der Waals surface area contributed by atoms with Gasteiger partial charge in [0.25, 0.3) is 0 Å². The van der Waals surface area contributed by atoms with Crippen LogP contribution in [-0.4, -0.2) is 28.2 Å². The number of nitro groups is 2. The summed E-state index contributed by atoms with van der Waals surface area (Å²) >= 11 is 0. The van der Waals surface area contributed by atoms with Crippen molar-refractivity contribution in [3.8, 4) is 0 Å². The Bertz CT molecular complexity index is 660. The van der Waals surface area contributed by atoms with Gasteiger partial charge in [0.05, 0.1) is 15.9 Å². The maximum absolute atomic E-state index is 12.6. The number of hydrogen-bond acceptors (Lipinski definition) is 6. The molecule has 2 fully saturated rings. The van der Waals surface area contributed by atoms with Crippen molar-refractivity contribution in [1.82, 2.24) is 5.32 Å². The normalized spacial score (nSPS) is 26.6. The molecule has 1 saturated carbocycles. The number of benzene rings is 1. The number of ketones is 1. The molecule has 3 rings (SSSR count). The van der Waals surface area contributed by atoms with Gasteiger partial charge in [0.1, 0.15) is 0 Å². The topological polar surface area (TPSA) is 115 Å². The molecule has 22 heavy (non-hydrogen) atoms. The standard InChI is InChI=1S/C14H15N3O5/c18-14(13-10-3-1-2-9(10)7-15-13)8-4-5-11(16(19)20)12(6-8)17(21)22/h4-6,9-10,13,15H,1-3,7H2. The van der Waals surface area contributed by atoms with Crippen LogP contribution in [0.1, 0.15) is 29.6 Å². The maximum atomic E-state index is 12.6. The molecule has 1 N–H and O–H groups in total. The number of fused-ring (bicyclic) bond motifs is 1. The Morgan fingerprint density at radius 1 is 1.14 bits per heavy atom. The lowest BCUT2D eigenvalue weighted by Gasteiger charge is -2.16. The summed E-state index contributed by atoms with van der Waals surface area (Å²) in [5.74, 6) is 0.538. The summed E-state index contributed by atoms with van der Waals surface area (Å²) in [6.07, 6.45) is 3.17. The van der Waals surface area contributed by atoms with E-state index in [2.05, 4.69) is 5.32 Å². The quantitative estimate of drug-likeness (QED) is 0.517. The number of hydrogen-bond donors (Lipinski definition) is 1. The van der Waals surface area contributed by atoms with Gasteiger partial charge in [-0.15, -0.1) is 0 Å². The highest BCUT2D eigenvalue weighted by atomic mass is 16.6. The largest absolute Gasteiger partial charge is 0.346 e. The second kappa shape index (κ2) is 5.45. The third-order valence-corrected chi connectivity index (χ3v) is 4.68. The van der Waals surface area contributed by atoms with Crippen LogP contribution in [-0.2, 0) is 0 Å². The number of nitro benzene ring substituents is 2. The number of carbonyl (C=O) groups is 1. The fourth-order valence-corrected chi connectivity index (χ4v) is 3.63.